The molecule has 0 spiro atoms. The van der Waals surface area contributed by atoms with Gasteiger partial charge in [0, 0.05) is 5.92 Å². The second-order valence-corrected chi connectivity index (χ2v) is 3.47. The molecular weight excluding hydrogens is 176 g/mol. The third-order valence-corrected chi connectivity index (χ3v) is 2.68. The van der Waals surface area contributed by atoms with Crippen LogP contribution in [-0.2, 0) is 4.79 Å². The van der Waals surface area contributed by atoms with Gasteiger partial charge in [0.15, 0.2) is 0 Å². The summed E-state index contributed by atoms with van der Waals surface area (Å²) in [7, 11) is 0. The Labute approximate surface area is 76.0 Å². The minimum absolute atomic E-state index is 0.116. The molecule has 2 unspecified atom stereocenters. The van der Waals surface area contributed by atoms with Crippen LogP contribution < -0.4 is 0 Å². The first-order valence-corrected chi connectivity index (χ1v) is 4.57. The van der Waals surface area contributed by atoms with Gasteiger partial charge in [-0.2, -0.15) is 0 Å². The summed E-state index contributed by atoms with van der Waals surface area (Å²) in [5, 5.41) is 0. The average molecular weight is 189 g/mol. The minimum atomic E-state index is -2.27. The molecule has 0 radical (unpaired) electrons. The molecule has 0 amide bonds. The Balaban J connectivity index is 2.50. The van der Waals surface area contributed by atoms with Crippen molar-refractivity contribution in [3.63, 3.8) is 0 Å². The van der Waals surface area contributed by atoms with Crippen LogP contribution in [0.25, 0.3) is 0 Å². The molecule has 1 saturated carbocycles. The maximum Gasteiger partial charge on any atom is 0.241 e. The van der Waals surface area contributed by atoms with E-state index in [9.17, 15) is 13.6 Å². The number of hydrogen-bond donors (Lipinski definition) is 0. The molecule has 13 heavy (non-hydrogen) atoms. The Morgan fingerprint density at radius 2 is 2.08 bits per heavy atom. The van der Waals surface area contributed by atoms with Crippen LogP contribution in [-0.4, -0.2) is 19.1 Å². The number of carbonyl (C=O) groups excluding carboxylic acids is 1. The Morgan fingerprint density at radius 1 is 1.38 bits per heavy atom. The molecule has 1 aliphatic rings. The van der Waals surface area contributed by atoms with E-state index in [-0.39, 0.29) is 12.5 Å². The number of alkyl halides is 2. The molecule has 0 bridgehead atoms. The van der Waals surface area contributed by atoms with Crippen molar-refractivity contribution >= 4 is 6.08 Å². The van der Waals surface area contributed by atoms with Crippen molar-refractivity contribution in [3.8, 4) is 0 Å². The Bertz CT molecular complexity index is 202. The number of hydrogen-bond acceptors (Lipinski definition) is 2. The summed E-state index contributed by atoms with van der Waals surface area (Å²) in [4.78, 5) is 13.2. The van der Waals surface area contributed by atoms with E-state index in [1.54, 1.807) is 0 Å². The van der Waals surface area contributed by atoms with Crippen molar-refractivity contribution in [1.82, 2.24) is 0 Å². The largest absolute Gasteiger partial charge is 0.241 e. The van der Waals surface area contributed by atoms with Crippen molar-refractivity contribution in [1.29, 1.82) is 0 Å². The lowest BCUT2D eigenvalue weighted by molar-refractivity contribution is 0.0241. The van der Waals surface area contributed by atoms with E-state index in [0.29, 0.717) is 6.42 Å². The molecule has 1 rings (SSSR count). The summed E-state index contributed by atoms with van der Waals surface area (Å²) in [6, 6.07) is 0. The summed E-state index contributed by atoms with van der Waals surface area (Å²) >= 11 is 0. The summed E-state index contributed by atoms with van der Waals surface area (Å²) < 4.78 is 24.9. The third-order valence-electron chi connectivity index (χ3n) is 2.68. The normalized spacial score (nSPS) is 28.5. The number of aliphatic imine (C=N–C) groups is 1. The molecular formula is C9H13F2NO. The molecule has 1 aliphatic carbocycles. The maximum atomic E-state index is 12.5. The molecule has 4 heteroatoms. The summed E-state index contributed by atoms with van der Waals surface area (Å²) in [6.07, 6.45) is 2.31. The number of nitrogens with zero attached hydrogens (tertiary/aromatic N) is 1. The maximum absolute atomic E-state index is 12.5. The molecule has 0 saturated heterocycles. The van der Waals surface area contributed by atoms with Crippen molar-refractivity contribution in [2.45, 2.75) is 32.1 Å². The van der Waals surface area contributed by atoms with Gasteiger partial charge in [0.05, 0.1) is 6.54 Å². The molecule has 0 aliphatic heterocycles. The SMILES string of the molecule is O=C=NCC1CCCCC1C(F)F. The molecule has 74 valence electrons. The highest BCUT2D eigenvalue weighted by atomic mass is 19.3. The van der Waals surface area contributed by atoms with Gasteiger partial charge in [-0.15, -0.1) is 0 Å². The van der Waals surface area contributed by atoms with Crippen molar-refractivity contribution < 1.29 is 13.6 Å². The van der Waals surface area contributed by atoms with Crippen LogP contribution in [0.3, 0.4) is 0 Å². The van der Waals surface area contributed by atoms with Gasteiger partial charge >= 0.3 is 0 Å². The Morgan fingerprint density at radius 3 is 2.69 bits per heavy atom. The van der Waals surface area contributed by atoms with Gasteiger partial charge in [0.1, 0.15) is 0 Å². The van der Waals surface area contributed by atoms with Crippen LogP contribution in [0.4, 0.5) is 8.78 Å². The second kappa shape index (κ2) is 5.07. The van der Waals surface area contributed by atoms with Crippen LogP contribution in [0.2, 0.25) is 0 Å². The predicted octanol–water partition coefficient (Wildman–Crippen LogP) is 2.39. The standard InChI is InChI=1S/C9H13F2NO/c10-9(11)8-4-2-1-3-7(8)5-12-6-13/h7-9H,1-5H2. The fraction of sp³-hybridized carbons (Fsp3) is 0.889. The quantitative estimate of drug-likeness (QED) is 0.495. The topological polar surface area (TPSA) is 29.4 Å². The molecule has 1 fully saturated rings. The highest BCUT2D eigenvalue weighted by Gasteiger charge is 2.31. The highest BCUT2D eigenvalue weighted by molar-refractivity contribution is 5.32. The van der Waals surface area contributed by atoms with E-state index in [2.05, 4.69) is 4.99 Å². The van der Waals surface area contributed by atoms with Gasteiger partial charge in [0.2, 0.25) is 12.5 Å². The van der Waals surface area contributed by atoms with Gasteiger partial charge < -0.3 is 0 Å². The first-order valence-electron chi connectivity index (χ1n) is 4.57. The summed E-state index contributed by atoms with van der Waals surface area (Å²) in [6.45, 7) is 0.221. The Kier molecular flexibility index (Phi) is 4.03. The molecule has 0 aromatic rings. The minimum Gasteiger partial charge on any atom is -0.211 e. The summed E-state index contributed by atoms with van der Waals surface area (Å²) in [5.41, 5.74) is 0. The highest BCUT2D eigenvalue weighted by Crippen LogP contribution is 2.34. The number of rotatable bonds is 3. The molecule has 2 atom stereocenters. The first-order chi connectivity index (χ1) is 6.25. The molecule has 0 aromatic heterocycles. The van der Waals surface area contributed by atoms with Gasteiger partial charge in [-0.05, 0) is 18.8 Å². The van der Waals surface area contributed by atoms with Crippen LogP contribution >= 0.6 is 0 Å². The lowest BCUT2D eigenvalue weighted by Gasteiger charge is -2.29. The van der Waals surface area contributed by atoms with E-state index in [0.717, 1.165) is 19.3 Å². The van der Waals surface area contributed by atoms with Gasteiger partial charge in [-0.3, -0.25) is 0 Å². The van der Waals surface area contributed by atoms with E-state index in [1.807, 2.05) is 0 Å². The van der Waals surface area contributed by atoms with Crippen molar-refractivity contribution in [3.05, 3.63) is 0 Å². The zero-order chi connectivity index (χ0) is 9.68. The van der Waals surface area contributed by atoms with Crippen LogP contribution in [0.15, 0.2) is 4.99 Å². The van der Waals surface area contributed by atoms with Crippen molar-refractivity contribution in [2.75, 3.05) is 6.54 Å². The third kappa shape index (κ3) is 2.88. The fourth-order valence-electron chi connectivity index (χ4n) is 1.95. The van der Waals surface area contributed by atoms with Crippen LogP contribution in [0.1, 0.15) is 25.7 Å². The number of isocyanates is 1. The fourth-order valence-corrected chi connectivity index (χ4v) is 1.95. The zero-order valence-electron chi connectivity index (χ0n) is 7.38. The van der Waals surface area contributed by atoms with E-state index < -0.39 is 12.3 Å². The summed E-state index contributed by atoms with van der Waals surface area (Å²) in [5.74, 6) is -0.680. The average Bonchev–Trinajstić information content (AvgIpc) is 2.15. The molecule has 2 nitrogen and oxygen atoms in total. The predicted molar refractivity (Wildman–Crippen MR) is 44.4 cm³/mol. The van der Waals surface area contributed by atoms with Gasteiger partial charge in [0.25, 0.3) is 0 Å². The van der Waals surface area contributed by atoms with Crippen LogP contribution in [0.5, 0.6) is 0 Å². The van der Waals surface area contributed by atoms with Gasteiger partial charge in [-0.1, -0.05) is 12.8 Å². The molecule has 0 N–H and O–H groups in total. The second-order valence-electron chi connectivity index (χ2n) is 3.47. The smallest absolute Gasteiger partial charge is 0.211 e. The molecule has 0 aromatic carbocycles. The Hall–Kier alpha value is -0.760. The van der Waals surface area contributed by atoms with E-state index in [4.69, 9.17) is 0 Å². The monoisotopic (exact) mass is 189 g/mol. The lowest BCUT2D eigenvalue weighted by Crippen LogP contribution is -2.27. The molecule has 0 heterocycles. The first kappa shape index (κ1) is 10.3. The van der Waals surface area contributed by atoms with Crippen LogP contribution in [0, 0.1) is 11.8 Å². The number of halogens is 2. The van der Waals surface area contributed by atoms with E-state index in [1.165, 1.54) is 6.08 Å². The zero-order valence-corrected chi connectivity index (χ0v) is 7.38. The van der Waals surface area contributed by atoms with Gasteiger partial charge in [-0.25, -0.2) is 18.6 Å². The lowest BCUT2D eigenvalue weighted by atomic mass is 9.79. The van der Waals surface area contributed by atoms with E-state index >= 15 is 0 Å². The van der Waals surface area contributed by atoms with Crippen molar-refractivity contribution in [2.24, 2.45) is 16.8 Å².